The van der Waals surface area contributed by atoms with E-state index in [1.807, 2.05) is 6.07 Å². The molecule has 1 aliphatic rings. The fraction of sp³-hybridized carbons (Fsp3) is 0.273. The van der Waals surface area contributed by atoms with Gasteiger partial charge in [-0.1, -0.05) is 60.7 Å². The fourth-order valence-corrected chi connectivity index (χ4v) is 3.30. The van der Waals surface area contributed by atoms with E-state index in [-0.39, 0.29) is 18.3 Å². The Labute approximate surface area is 149 Å². The van der Waals surface area contributed by atoms with Crippen LogP contribution in [0.15, 0.2) is 66.7 Å². The van der Waals surface area contributed by atoms with E-state index in [1.165, 1.54) is 21.9 Å². The number of fused-ring (bicyclic) bond motifs is 1. The third kappa shape index (κ3) is 2.78. The molecule has 25 heavy (non-hydrogen) atoms. The molecule has 1 fully saturated rings. The molecule has 0 amide bonds. The summed E-state index contributed by atoms with van der Waals surface area (Å²) in [7, 11) is -0.362. The lowest BCUT2D eigenvalue weighted by Gasteiger charge is -2.32. The summed E-state index contributed by atoms with van der Waals surface area (Å²) < 4.78 is 12.7. The van der Waals surface area contributed by atoms with E-state index in [4.69, 9.17) is 9.31 Å². The molecule has 1 saturated heterocycles. The molecule has 2 nitrogen and oxygen atoms in total. The number of hydrogen-bond donors (Lipinski definition) is 0. The van der Waals surface area contributed by atoms with Gasteiger partial charge in [-0.3, -0.25) is 0 Å². The molecular weight excluding hydrogens is 307 g/mol. The second-order valence-corrected chi connectivity index (χ2v) is 7.74. The molecule has 0 spiro atoms. The third-order valence-corrected chi connectivity index (χ3v) is 5.51. The maximum atomic E-state index is 6.33. The molecule has 1 aliphatic heterocycles. The summed E-state index contributed by atoms with van der Waals surface area (Å²) in [4.78, 5) is 0. The summed E-state index contributed by atoms with van der Waals surface area (Å²) in [6, 6.07) is 23.3. The van der Waals surface area contributed by atoms with Gasteiger partial charge in [0, 0.05) is 0 Å². The van der Waals surface area contributed by atoms with Crippen LogP contribution >= 0.6 is 0 Å². The zero-order valence-electron chi connectivity index (χ0n) is 15.2. The Hall–Kier alpha value is -2.10. The van der Waals surface area contributed by atoms with E-state index in [0.717, 1.165) is 5.46 Å². The summed E-state index contributed by atoms with van der Waals surface area (Å²) >= 11 is 0. The van der Waals surface area contributed by atoms with Crippen molar-refractivity contribution in [2.75, 3.05) is 0 Å². The zero-order chi connectivity index (χ0) is 17.7. The molecule has 126 valence electrons. The first-order valence-corrected chi connectivity index (χ1v) is 8.81. The van der Waals surface area contributed by atoms with Crippen molar-refractivity contribution in [1.29, 1.82) is 0 Å². The molecule has 0 radical (unpaired) electrons. The van der Waals surface area contributed by atoms with Crippen molar-refractivity contribution in [3.05, 3.63) is 66.7 Å². The highest BCUT2D eigenvalue weighted by atomic mass is 16.7. The molecule has 0 N–H and O–H groups in total. The predicted octanol–water partition coefficient (Wildman–Crippen LogP) is 4.81. The average Bonchev–Trinajstić information content (AvgIpc) is 2.82. The molecule has 4 rings (SSSR count). The lowest BCUT2D eigenvalue weighted by atomic mass is 9.74. The molecule has 0 saturated carbocycles. The predicted molar refractivity (Wildman–Crippen MR) is 105 cm³/mol. The first-order chi connectivity index (χ1) is 11.9. The maximum absolute atomic E-state index is 6.33. The van der Waals surface area contributed by atoms with Crippen LogP contribution in [0.5, 0.6) is 0 Å². The van der Waals surface area contributed by atoms with Crippen LogP contribution in [-0.4, -0.2) is 18.3 Å². The van der Waals surface area contributed by atoms with Crippen LogP contribution in [-0.2, 0) is 9.31 Å². The van der Waals surface area contributed by atoms with Crippen molar-refractivity contribution in [2.24, 2.45) is 0 Å². The van der Waals surface area contributed by atoms with Gasteiger partial charge in [0.1, 0.15) is 0 Å². The van der Waals surface area contributed by atoms with Crippen LogP contribution in [0.1, 0.15) is 27.7 Å². The van der Waals surface area contributed by atoms with Crippen molar-refractivity contribution >= 4 is 23.4 Å². The normalized spacial score (nSPS) is 18.6. The van der Waals surface area contributed by atoms with Gasteiger partial charge in [-0.05, 0) is 61.1 Å². The van der Waals surface area contributed by atoms with Gasteiger partial charge in [0.2, 0.25) is 0 Å². The minimum absolute atomic E-state index is 0.346. The van der Waals surface area contributed by atoms with Crippen molar-refractivity contribution in [3.63, 3.8) is 0 Å². The summed E-state index contributed by atoms with van der Waals surface area (Å²) in [5, 5.41) is 2.38. The van der Waals surface area contributed by atoms with Crippen LogP contribution in [0.4, 0.5) is 0 Å². The molecule has 1 heterocycles. The topological polar surface area (TPSA) is 18.5 Å². The number of rotatable bonds is 2. The Bertz CT molecular complexity index is 900. The van der Waals surface area contributed by atoms with Gasteiger partial charge in [-0.15, -0.1) is 0 Å². The van der Waals surface area contributed by atoms with Gasteiger partial charge in [0.15, 0.2) is 0 Å². The van der Waals surface area contributed by atoms with Crippen molar-refractivity contribution in [1.82, 2.24) is 0 Å². The number of benzene rings is 3. The van der Waals surface area contributed by atoms with Gasteiger partial charge in [0.25, 0.3) is 0 Å². The Balaban J connectivity index is 1.89. The monoisotopic (exact) mass is 330 g/mol. The van der Waals surface area contributed by atoms with Gasteiger partial charge in [-0.25, -0.2) is 0 Å². The third-order valence-electron chi connectivity index (χ3n) is 5.51. The van der Waals surface area contributed by atoms with Crippen LogP contribution < -0.4 is 5.46 Å². The van der Waals surface area contributed by atoms with Crippen LogP contribution in [0.25, 0.3) is 21.9 Å². The summed E-state index contributed by atoms with van der Waals surface area (Å²) in [6.45, 7) is 8.37. The van der Waals surface area contributed by atoms with E-state index in [2.05, 4.69) is 88.4 Å². The van der Waals surface area contributed by atoms with E-state index < -0.39 is 0 Å². The van der Waals surface area contributed by atoms with Gasteiger partial charge >= 0.3 is 7.12 Å². The Morgan fingerprint density at radius 3 is 1.96 bits per heavy atom. The first-order valence-electron chi connectivity index (χ1n) is 8.81. The smallest absolute Gasteiger partial charge is 0.399 e. The summed E-state index contributed by atoms with van der Waals surface area (Å²) in [5.41, 5.74) is 2.79. The molecule has 0 unspecified atom stereocenters. The molecule has 3 heteroatoms. The highest BCUT2D eigenvalue weighted by Gasteiger charge is 2.52. The molecule has 3 aromatic rings. The molecule has 3 aromatic carbocycles. The van der Waals surface area contributed by atoms with E-state index >= 15 is 0 Å². The largest absolute Gasteiger partial charge is 0.495 e. The fourth-order valence-electron chi connectivity index (χ4n) is 3.30. The van der Waals surface area contributed by atoms with Crippen LogP contribution in [0, 0.1) is 0 Å². The van der Waals surface area contributed by atoms with Crippen LogP contribution in [0.3, 0.4) is 0 Å². The second kappa shape index (κ2) is 5.72. The van der Waals surface area contributed by atoms with Gasteiger partial charge in [0.05, 0.1) is 11.2 Å². The molecule has 0 aromatic heterocycles. The SMILES string of the molecule is CC1(C)OB(c2cc(-c3ccccc3)cc3ccccc23)OC1(C)C. The highest BCUT2D eigenvalue weighted by molar-refractivity contribution is 6.65. The first kappa shape index (κ1) is 16.4. The lowest BCUT2D eigenvalue weighted by molar-refractivity contribution is 0.00578. The van der Waals surface area contributed by atoms with Crippen molar-refractivity contribution < 1.29 is 9.31 Å². The molecule has 0 atom stereocenters. The highest BCUT2D eigenvalue weighted by Crippen LogP contribution is 2.37. The quantitative estimate of drug-likeness (QED) is 0.628. The van der Waals surface area contributed by atoms with E-state index in [0.29, 0.717) is 0 Å². The van der Waals surface area contributed by atoms with Crippen LogP contribution in [0.2, 0.25) is 0 Å². The van der Waals surface area contributed by atoms with Gasteiger partial charge in [-0.2, -0.15) is 0 Å². The van der Waals surface area contributed by atoms with Crippen molar-refractivity contribution in [3.8, 4) is 11.1 Å². The Morgan fingerprint density at radius 1 is 0.680 bits per heavy atom. The lowest BCUT2D eigenvalue weighted by Crippen LogP contribution is -2.41. The Morgan fingerprint density at radius 2 is 1.28 bits per heavy atom. The summed E-state index contributed by atoms with van der Waals surface area (Å²) in [6.07, 6.45) is 0. The maximum Gasteiger partial charge on any atom is 0.495 e. The van der Waals surface area contributed by atoms with Crippen molar-refractivity contribution in [2.45, 2.75) is 38.9 Å². The summed E-state index contributed by atoms with van der Waals surface area (Å²) in [5.74, 6) is 0. The molecule has 0 aliphatic carbocycles. The molecule has 0 bridgehead atoms. The van der Waals surface area contributed by atoms with E-state index in [1.54, 1.807) is 0 Å². The average molecular weight is 330 g/mol. The molecular formula is C22H23BO2. The van der Waals surface area contributed by atoms with E-state index in [9.17, 15) is 0 Å². The van der Waals surface area contributed by atoms with Gasteiger partial charge < -0.3 is 9.31 Å². The standard InChI is InChI=1S/C22H23BO2/c1-21(2)22(3,4)25-23(24-21)20-15-18(16-10-6-5-7-11-16)14-17-12-8-9-13-19(17)20/h5-15H,1-4H3. The number of hydrogen-bond acceptors (Lipinski definition) is 2. The Kier molecular flexibility index (Phi) is 3.75. The minimum atomic E-state index is -0.362. The minimum Gasteiger partial charge on any atom is -0.399 e. The zero-order valence-corrected chi connectivity index (χ0v) is 15.2. The second-order valence-electron chi connectivity index (χ2n) is 7.74.